The van der Waals surface area contributed by atoms with Crippen LogP contribution >= 0.6 is 0 Å². The van der Waals surface area contributed by atoms with Crippen LogP contribution in [0.25, 0.3) is 0 Å². The molecule has 0 amide bonds. The summed E-state index contributed by atoms with van der Waals surface area (Å²) >= 11 is 0. The van der Waals surface area contributed by atoms with Crippen molar-refractivity contribution in [2.75, 3.05) is 39.5 Å². The summed E-state index contributed by atoms with van der Waals surface area (Å²) in [4.78, 5) is 0. The van der Waals surface area contributed by atoms with Gasteiger partial charge < -0.3 is 31.2 Å². The van der Waals surface area contributed by atoms with Crippen molar-refractivity contribution in [3.8, 4) is 0 Å². The molecule has 0 unspecified atom stereocenters. The van der Waals surface area contributed by atoms with Gasteiger partial charge in [-0.25, -0.2) is 0 Å². The van der Waals surface area contributed by atoms with E-state index in [1.54, 1.807) is 0 Å². The molecule has 0 radical (unpaired) electrons. The lowest BCUT2D eigenvalue weighted by Gasteiger charge is -2.25. The van der Waals surface area contributed by atoms with Gasteiger partial charge in [0, 0.05) is 18.5 Å². The van der Waals surface area contributed by atoms with Crippen molar-refractivity contribution < 1.29 is 19.7 Å². The van der Waals surface area contributed by atoms with Crippen molar-refractivity contribution in [3.05, 3.63) is 0 Å². The Kier molecular flexibility index (Phi) is 8.67. The van der Waals surface area contributed by atoms with E-state index in [-0.39, 0.29) is 31.7 Å². The number of nitrogens with two attached hydrogens (primary N) is 2. The molecule has 6 N–H and O–H groups in total. The maximum Gasteiger partial charge on any atom is 0.0895 e. The van der Waals surface area contributed by atoms with E-state index in [0.717, 1.165) is 0 Å². The van der Waals surface area contributed by atoms with Gasteiger partial charge in [-0.2, -0.15) is 0 Å². The zero-order chi connectivity index (χ0) is 13.3. The molecule has 0 aliphatic heterocycles. The van der Waals surface area contributed by atoms with Crippen molar-refractivity contribution in [2.24, 2.45) is 16.9 Å². The quantitative estimate of drug-likeness (QED) is 0.383. The molecular formula is C11H26N2O4. The van der Waals surface area contributed by atoms with Gasteiger partial charge >= 0.3 is 0 Å². The second kappa shape index (κ2) is 8.79. The first kappa shape index (κ1) is 16.8. The molecule has 0 saturated heterocycles. The standard InChI is InChI=1S/C11H26N2O4/c1-11(2,7-16-5-9(14)3-12)8-17-6-10(15)4-13/h9-10,14-15H,3-8,12-13H2,1-2H3/t9-,10-/m0/s1. The molecule has 0 aromatic carbocycles. The molecule has 0 aliphatic rings. The topological polar surface area (TPSA) is 111 Å². The van der Waals surface area contributed by atoms with Gasteiger partial charge in [-0.1, -0.05) is 13.8 Å². The highest BCUT2D eigenvalue weighted by Crippen LogP contribution is 2.16. The number of aliphatic hydroxyl groups excluding tert-OH is 2. The molecule has 6 nitrogen and oxygen atoms in total. The van der Waals surface area contributed by atoms with E-state index in [1.807, 2.05) is 13.8 Å². The van der Waals surface area contributed by atoms with Crippen molar-refractivity contribution in [1.29, 1.82) is 0 Å². The van der Waals surface area contributed by atoms with Crippen LogP contribution in [0, 0.1) is 5.41 Å². The Hall–Kier alpha value is -0.240. The summed E-state index contributed by atoms with van der Waals surface area (Å²) in [6.07, 6.45) is -1.24. The fourth-order valence-electron chi connectivity index (χ4n) is 1.12. The van der Waals surface area contributed by atoms with E-state index in [4.69, 9.17) is 20.9 Å². The van der Waals surface area contributed by atoms with E-state index in [9.17, 15) is 10.2 Å². The maximum atomic E-state index is 9.21. The van der Waals surface area contributed by atoms with Crippen LogP contribution in [0.3, 0.4) is 0 Å². The minimum Gasteiger partial charge on any atom is -0.389 e. The summed E-state index contributed by atoms with van der Waals surface area (Å²) in [5.41, 5.74) is 10.3. The first-order valence-corrected chi connectivity index (χ1v) is 5.83. The zero-order valence-electron chi connectivity index (χ0n) is 10.8. The zero-order valence-corrected chi connectivity index (χ0v) is 10.8. The fourth-order valence-corrected chi connectivity index (χ4v) is 1.12. The molecule has 0 bridgehead atoms. The predicted molar refractivity (Wildman–Crippen MR) is 65.5 cm³/mol. The Morgan fingerprint density at radius 2 is 1.29 bits per heavy atom. The van der Waals surface area contributed by atoms with Crippen LogP contribution in [-0.2, 0) is 9.47 Å². The normalized spacial score (nSPS) is 15.9. The molecule has 2 atom stereocenters. The van der Waals surface area contributed by atoms with Gasteiger partial charge in [0.1, 0.15) is 0 Å². The summed E-state index contributed by atoms with van der Waals surface area (Å²) < 4.78 is 10.7. The highest BCUT2D eigenvalue weighted by molar-refractivity contribution is 4.68. The lowest BCUT2D eigenvalue weighted by Crippen LogP contribution is -2.32. The maximum absolute atomic E-state index is 9.21. The molecule has 0 aromatic rings. The summed E-state index contributed by atoms with van der Waals surface area (Å²) in [6.45, 7) is 5.73. The molecule has 0 fully saturated rings. The van der Waals surface area contributed by atoms with Crippen LogP contribution in [0.2, 0.25) is 0 Å². The third-order valence-electron chi connectivity index (χ3n) is 2.15. The smallest absolute Gasteiger partial charge is 0.0895 e. The molecule has 17 heavy (non-hydrogen) atoms. The highest BCUT2D eigenvalue weighted by Gasteiger charge is 2.19. The van der Waals surface area contributed by atoms with Crippen LogP contribution in [0.15, 0.2) is 0 Å². The summed E-state index contributed by atoms with van der Waals surface area (Å²) in [5.74, 6) is 0. The van der Waals surface area contributed by atoms with Gasteiger partial charge in [0.2, 0.25) is 0 Å². The lowest BCUT2D eigenvalue weighted by atomic mass is 9.96. The van der Waals surface area contributed by atoms with Gasteiger partial charge in [-0.3, -0.25) is 0 Å². The van der Waals surface area contributed by atoms with E-state index in [0.29, 0.717) is 13.2 Å². The number of ether oxygens (including phenoxy) is 2. The van der Waals surface area contributed by atoms with E-state index < -0.39 is 12.2 Å². The second-order valence-corrected chi connectivity index (χ2v) is 4.97. The predicted octanol–water partition coefficient (Wildman–Crippen LogP) is -1.31. The lowest BCUT2D eigenvalue weighted by molar-refractivity contribution is -0.0429. The van der Waals surface area contributed by atoms with Crippen LogP contribution in [0.4, 0.5) is 0 Å². The van der Waals surface area contributed by atoms with Crippen LogP contribution in [0.1, 0.15) is 13.8 Å². The molecule has 0 saturated carbocycles. The first-order chi connectivity index (χ1) is 7.91. The fraction of sp³-hybridized carbons (Fsp3) is 1.00. The van der Waals surface area contributed by atoms with Gasteiger partial charge in [-0.05, 0) is 0 Å². The largest absolute Gasteiger partial charge is 0.389 e. The minimum atomic E-state index is -0.620. The van der Waals surface area contributed by atoms with E-state index in [1.165, 1.54) is 0 Å². The van der Waals surface area contributed by atoms with Crippen LogP contribution in [0.5, 0.6) is 0 Å². The van der Waals surface area contributed by atoms with E-state index in [2.05, 4.69) is 0 Å². The van der Waals surface area contributed by atoms with E-state index >= 15 is 0 Å². The first-order valence-electron chi connectivity index (χ1n) is 5.83. The Labute approximate surface area is 103 Å². The van der Waals surface area contributed by atoms with Gasteiger partial charge in [0.05, 0.1) is 38.6 Å². The molecule has 0 aliphatic carbocycles. The van der Waals surface area contributed by atoms with Gasteiger partial charge in [0.25, 0.3) is 0 Å². The Morgan fingerprint density at radius 1 is 0.941 bits per heavy atom. The third kappa shape index (κ3) is 9.46. The molecular weight excluding hydrogens is 224 g/mol. The molecule has 0 aromatic heterocycles. The number of aliphatic hydroxyl groups is 2. The Bertz CT molecular complexity index is 172. The number of hydrogen-bond acceptors (Lipinski definition) is 6. The summed E-state index contributed by atoms with van der Waals surface area (Å²) in [5, 5.41) is 18.4. The number of hydrogen-bond donors (Lipinski definition) is 4. The van der Waals surface area contributed by atoms with Gasteiger partial charge in [0.15, 0.2) is 0 Å². The van der Waals surface area contributed by atoms with Crippen molar-refractivity contribution in [3.63, 3.8) is 0 Å². The average molecular weight is 250 g/mol. The highest BCUT2D eigenvalue weighted by atomic mass is 16.5. The van der Waals surface area contributed by atoms with Crippen molar-refractivity contribution in [2.45, 2.75) is 26.1 Å². The minimum absolute atomic E-state index is 0.178. The Balaban J connectivity index is 3.65. The Morgan fingerprint density at radius 3 is 1.59 bits per heavy atom. The second-order valence-electron chi connectivity index (χ2n) is 4.97. The molecule has 104 valence electrons. The molecule has 0 heterocycles. The molecule has 0 spiro atoms. The molecule has 0 rings (SSSR count). The molecule has 6 heteroatoms. The van der Waals surface area contributed by atoms with Crippen molar-refractivity contribution in [1.82, 2.24) is 0 Å². The average Bonchev–Trinajstić information content (AvgIpc) is 2.27. The van der Waals surface area contributed by atoms with Crippen LogP contribution < -0.4 is 11.5 Å². The van der Waals surface area contributed by atoms with Crippen LogP contribution in [-0.4, -0.2) is 61.9 Å². The monoisotopic (exact) mass is 250 g/mol. The van der Waals surface area contributed by atoms with Crippen molar-refractivity contribution >= 4 is 0 Å². The third-order valence-corrected chi connectivity index (χ3v) is 2.15. The summed E-state index contributed by atoms with van der Waals surface area (Å²) in [7, 11) is 0. The summed E-state index contributed by atoms with van der Waals surface area (Å²) in [6, 6.07) is 0. The van der Waals surface area contributed by atoms with Gasteiger partial charge in [-0.15, -0.1) is 0 Å². The SMILES string of the molecule is CC(C)(COC[C@@H](O)CN)COC[C@@H](O)CN. The number of rotatable bonds is 10.